The van der Waals surface area contributed by atoms with E-state index in [0.29, 0.717) is 26.2 Å². The Balaban J connectivity index is 1.62. The van der Waals surface area contributed by atoms with Crippen LogP contribution in [0, 0.1) is 0 Å². The first-order valence-corrected chi connectivity index (χ1v) is 10.2. The molecule has 10 heteroatoms. The number of sulfonamides is 1. The van der Waals surface area contributed by atoms with E-state index in [-0.39, 0.29) is 9.77 Å². The Labute approximate surface area is 150 Å². The van der Waals surface area contributed by atoms with Crippen LogP contribution in [0.5, 0.6) is 0 Å². The quantitative estimate of drug-likeness (QED) is 0.683. The van der Waals surface area contributed by atoms with Gasteiger partial charge >= 0.3 is 5.97 Å². The number of rotatable bonds is 6. The van der Waals surface area contributed by atoms with Crippen LogP contribution < -0.4 is 0 Å². The minimum absolute atomic E-state index is 0.0364. The van der Waals surface area contributed by atoms with Gasteiger partial charge in [0.05, 0.1) is 13.7 Å². The molecule has 136 valence electrons. The molecule has 0 radical (unpaired) electrons. The molecule has 0 bridgehead atoms. The van der Waals surface area contributed by atoms with Crippen LogP contribution in [0.1, 0.15) is 9.67 Å². The van der Waals surface area contributed by atoms with Gasteiger partial charge in [0.25, 0.3) is 0 Å². The maximum atomic E-state index is 12.8. The van der Waals surface area contributed by atoms with Crippen molar-refractivity contribution in [1.82, 2.24) is 19.0 Å². The van der Waals surface area contributed by atoms with Gasteiger partial charge in [0.2, 0.25) is 10.0 Å². The monoisotopic (exact) mass is 384 g/mol. The van der Waals surface area contributed by atoms with E-state index in [1.54, 1.807) is 11.6 Å². The largest absolute Gasteiger partial charge is 0.465 e. The molecule has 0 aromatic carbocycles. The normalized spacial score (nSPS) is 16.8. The van der Waals surface area contributed by atoms with Crippen molar-refractivity contribution in [2.24, 2.45) is 0 Å². The molecule has 8 nitrogen and oxygen atoms in total. The Bertz CT molecular complexity index is 808. The summed E-state index contributed by atoms with van der Waals surface area (Å²) in [6.45, 7) is 3.70. The summed E-state index contributed by atoms with van der Waals surface area (Å²) >= 11 is 1.08. The first-order chi connectivity index (χ1) is 12.0. The molecule has 0 amide bonds. The van der Waals surface area contributed by atoms with Crippen LogP contribution in [-0.4, -0.2) is 73.2 Å². The number of ether oxygens (including phenoxy) is 1. The Hall–Kier alpha value is -1.75. The van der Waals surface area contributed by atoms with Crippen molar-refractivity contribution in [3.8, 4) is 0 Å². The number of nitrogens with zero attached hydrogens (tertiary/aromatic N) is 4. The number of piperazine rings is 1. The molecule has 1 aliphatic rings. The number of carbonyl (C=O) groups excluding carboxylic acids is 1. The molecule has 1 aliphatic heterocycles. The van der Waals surface area contributed by atoms with Gasteiger partial charge in [0, 0.05) is 45.1 Å². The van der Waals surface area contributed by atoms with Crippen LogP contribution in [0.2, 0.25) is 0 Å². The number of hydrogen-bond donors (Lipinski definition) is 0. The van der Waals surface area contributed by atoms with Crippen molar-refractivity contribution >= 4 is 27.3 Å². The molecule has 0 unspecified atom stereocenters. The van der Waals surface area contributed by atoms with Crippen molar-refractivity contribution in [3.63, 3.8) is 0 Å². The van der Waals surface area contributed by atoms with Gasteiger partial charge in [-0.3, -0.25) is 9.58 Å². The van der Waals surface area contributed by atoms with Crippen LogP contribution in [0.15, 0.2) is 34.8 Å². The smallest absolute Gasteiger partial charge is 0.349 e. The van der Waals surface area contributed by atoms with Gasteiger partial charge in [0.15, 0.2) is 0 Å². The summed E-state index contributed by atoms with van der Waals surface area (Å²) in [6, 6.07) is 3.35. The predicted molar refractivity (Wildman–Crippen MR) is 93.1 cm³/mol. The third kappa shape index (κ3) is 3.92. The summed E-state index contributed by atoms with van der Waals surface area (Å²) < 4.78 is 33.6. The highest BCUT2D eigenvalue weighted by molar-refractivity contribution is 7.89. The molecule has 0 N–H and O–H groups in total. The molecule has 0 aliphatic carbocycles. The van der Waals surface area contributed by atoms with Crippen molar-refractivity contribution in [2.75, 3.05) is 39.8 Å². The van der Waals surface area contributed by atoms with Gasteiger partial charge < -0.3 is 4.74 Å². The molecular formula is C15H20N4O4S2. The number of hydrogen-bond acceptors (Lipinski definition) is 7. The van der Waals surface area contributed by atoms with E-state index >= 15 is 0 Å². The molecule has 0 saturated carbocycles. The van der Waals surface area contributed by atoms with Crippen LogP contribution in [0.4, 0.5) is 0 Å². The van der Waals surface area contributed by atoms with E-state index in [1.807, 2.05) is 16.9 Å². The predicted octanol–water partition coefficient (Wildman–Crippen LogP) is 0.738. The molecule has 2 aromatic heterocycles. The summed E-state index contributed by atoms with van der Waals surface area (Å²) in [6.07, 6.45) is 3.65. The van der Waals surface area contributed by atoms with E-state index in [1.165, 1.54) is 17.5 Å². The van der Waals surface area contributed by atoms with Crippen LogP contribution >= 0.6 is 11.3 Å². The average Bonchev–Trinajstić information content (AvgIpc) is 3.31. The maximum absolute atomic E-state index is 12.8. The zero-order valence-electron chi connectivity index (χ0n) is 13.9. The fourth-order valence-corrected chi connectivity index (χ4v) is 5.48. The van der Waals surface area contributed by atoms with Crippen molar-refractivity contribution in [1.29, 1.82) is 0 Å². The summed E-state index contributed by atoms with van der Waals surface area (Å²) in [7, 11) is -2.44. The highest BCUT2D eigenvalue weighted by Gasteiger charge is 2.32. The van der Waals surface area contributed by atoms with E-state index in [9.17, 15) is 13.2 Å². The molecule has 3 rings (SSSR count). The van der Waals surface area contributed by atoms with E-state index in [2.05, 4.69) is 14.7 Å². The van der Waals surface area contributed by atoms with E-state index < -0.39 is 16.0 Å². The maximum Gasteiger partial charge on any atom is 0.349 e. The zero-order valence-corrected chi connectivity index (χ0v) is 15.5. The van der Waals surface area contributed by atoms with Crippen LogP contribution in [0.25, 0.3) is 0 Å². The Morgan fingerprint density at radius 2 is 2.04 bits per heavy atom. The number of methoxy groups -OCH3 is 1. The number of esters is 1. The van der Waals surface area contributed by atoms with Gasteiger partial charge in [-0.05, 0) is 17.5 Å². The lowest BCUT2D eigenvalue weighted by Gasteiger charge is -2.33. The van der Waals surface area contributed by atoms with Crippen molar-refractivity contribution in [2.45, 2.75) is 11.4 Å². The summed E-state index contributed by atoms with van der Waals surface area (Å²) in [5.74, 6) is -0.619. The lowest BCUT2D eigenvalue weighted by molar-refractivity contribution is 0.0602. The molecular weight excluding hydrogens is 364 g/mol. The first-order valence-electron chi connectivity index (χ1n) is 7.88. The molecule has 0 spiro atoms. The average molecular weight is 384 g/mol. The Morgan fingerprint density at radius 1 is 1.28 bits per heavy atom. The SMILES string of the molecule is COC(=O)c1sccc1S(=O)(=O)N1CCN(CCn2cccn2)CC1. The Kier molecular flexibility index (Phi) is 5.52. The second-order valence-electron chi connectivity index (χ2n) is 5.62. The van der Waals surface area contributed by atoms with Gasteiger partial charge in [-0.15, -0.1) is 11.3 Å². The minimum Gasteiger partial charge on any atom is -0.465 e. The van der Waals surface area contributed by atoms with Gasteiger partial charge in [-0.1, -0.05) is 0 Å². The van der Waals surface area contributed by atoms with Crippen LogP contribution in [0.3, 0.4) is 0 Å². The third-order valence-corrected chi connectivity index (χ3v) is 7.12. The lowest BCUT2D eigenvalue weighted by Crippen LogP contribution is -2.49. The lowest BCUT2D eigenvalue weighted by atomic mass is 10.3. The zero-order chi connectivity index (χ0) is 17.9. The fourth-order valence-electron chi connectivity index (χ4n) is 2.75. The molecule has 3 heterocycles. The fraction of sp³-hybridized carbons (Fsp3) is 0.467. The standard InChI is InChI=1S/C15H20N4O4S2/c1-23-15(20)14-13(3-12-24-14)25(21,22)19-10-7-17(8-11-19)6-9-18-5-2-4-16-18/h2-5,12H,6-11H2,1H3. The number of thiophene rings is 1. The Morgan fingerprint density at radius 3 is 2.68 bits per heavy atom. The molecule has 1 saturated heterocycles. The van der Waals surface area contributed by atoms with Crippen molar-refractivity contribution in [3.05, 3.63) is 34.8 Å². The molecule has 25 heavy (non-hydrogen) atoms. The van der Waals surface area contributed by atoms with Gasteiger partial charge in [-0.2, -0.15) is 9.40 Å². The summed E-state index contributed by atoms with van der Waals surface area (Å²) in [5.41, 5.74) is 0. The first kappa shape index (κ1) is 18.1. The van der Waals surface area contributed by atoms with Crippen molar-refractivity contribution < 1.29 is 17.9 Å². The van der Waals surface area contributed by atoms with Crippen LogP contribution in [-0.2, 0) is 21.3 Å². The number of carbonyl (C=O) groups is 1. The highest BCUT2D eigenvalue weighted by Crippen LogP contribution is 2.26. The third-order valence-electron chi connectivity index (χ3n) is 4.15. The topological polar surface area (TPSA) is 84.7 Å². The molecule has 2 aromatic rings. The van der Waals surface area contributed by atoms with Gasteiger partial charge in [-0.25, -0.2) is 13.2 Å². The minimum atomic E-state index is -3.69. The molecule has 1 fully saturated rings. The highest BCUT2D eigenvalue weighted by atomic mass is 32.2. The van der Waals surface area contributed by atoms with E-state index in [0.717, 1.165) is 24.4 Å². The summed E-state index contributed by atoms with van der Waals surface area (Å²) in [4.78, 5) is 14.1. The van der Waals surface area contributed by atoms with E-state index in [4.69, 9.17) is 0 Å². The second-order valence-corrected chi connectivity index (χ2v) is 8.44. The number of aromatic nitrogens is 2. The van der Waals surface area contributed by atoms with Gasteiger partial charge in [0.1, 0.15) is 9.77 Å². The second kappa shape index (κ2) is 7.65. The molecule has 0 atom stereocenters. The summed E-state index contributed by atoms with van der Waals surface area (Å²) in [5, 5.41) is 5.76.